The van der Waals surface area contributed by atoms with Crippen molar-refractivity contribution in [3.63, 3.8) is 0 Å². The maximum atomic E-state index is 11.9. The molecule has 96 valence electrons. The molecule has 1 fully saturated rings. The van der Waals surface area contributed by atoms with Crippen molar-refractivity contribution in [3.8, 4) is 5.75 Å². The number of nitrogens with one attached hydrogen (secondary N) is 1. The number of hydrogen-bond acceptors (Lipinski definition) is 3. The lowest BCUT2D eigenvalue weighted by Gasteiger charge is -2.22. The van der Waals surface area contributed by atoms with E-state index in [-0.39, 0.29) is 17.5 Å². The van der Waals surface area contributed by atoms with Crippen molar-refractivity contribution in [1.29, 1.82) is 0 Å². The van der Waals surface area contributed by atoms with Gasteiger partial charge in [-0.05, 0) is 31.4 Å². The quantitative estimate of drug-likeness (QED) is 0.848. The van der Waals surface area contributed by atoms with Crippen molar-refractivity contribution in [2.45, 2.75) is 31.9 Å². The highest BCUT2D eigenvalue weighted by atomic mass is 16.5. The number of phenolic OH excluding ortho intramolecular Hbond substituents is 1. The van der Waals surface area contributed by atoms with Crippen LogP contribution in [0.4, 0.5) is 0 Å². The van der Waals surface area contributed by atoms with Crippen LogP contribution in [0.2, 0.25) is 0 Å². The van der Waals surface area contributed by atoms with Crippen LogP contribution < -0.4 is 5.69 Å². The summed E-state index contributed by atoms with van der Waals surface area (Å²) in [6.07, 6.45) is 3.25. The number of benzene rings is 1. The molecule has 1 atom stereocenters. The van der Waals surface area contributed by atoms with Gasteiger partial charge in [0.25, 0.3) is 0 Å². The third kappa shape index (κ3) is 1.90. The third-order valence-electron chi connectivity index (χ3n) is 3.43. The minimum Gasteiger partial charge on any atom is -0.506 e. The van der Waals surface area contributed by atoms with Crippen molar-refractivity contribution in [2.75, 3.05) is 6.61 Å². The molecule has 0 bridgehead atoms. The molecule has 5 nitrogen and oxygen atoms in total. The number of H-pyrrole nitrogens is 1. The minimum atomic E-state index is -0.194. The number of aromatic hydroxyl groups is 1. The van der Waals surface area contributed by atoms with Gasteiger partial charge in [0.1, 0.15) is 11.3 Å². The molecule has 1 saturated heterocycles. The van der Waals surface area contributed by atoms with Gasteiger partial charge in [-0.25, -0.2) is 4.79 Å². The molecule has 2 aromatic rings. The summed E-state index contributed by atoms with van der Waals surface area (Å²) in [5, 5.41) is 9.87. The molecule has 2 N–H and O–H groups in total. The second kappa shape index (κ2) is 4.49. The lowest BCUT2D eigenvalue weighted by atomic mass is 10.1. The Kier molecular flexibility index (Phi) is 2.83. The number of imidazole rings is 1. The average Bonchev–Trinajstić information content (AvgIpc) is 2.69. The van der Waals surface area contributed by atoms with Crippen LogP contribution in [0.15, 0.2) is 23.0 Å². The van der Waals surface area contributed by atoms with E-state index in [1.54, 1.807) is 22.8 Å². The molecule has 1 aliphatic rings. The van der Waals surface area contributed by atoms with Gasteiger partial charge < -0.3 is 14.8 Å². The predicted octanol–water partition coefficient (Wildman–Crippen LogP) is 1.60. The summed E-state index contributed by atoms with van der Waals surface area (Å²) in [4.78, 5) is 14.7. The molecule has 1 aromatic heterocycles. The molecule has 0 saturated carbocycles. The van der Waals surface area contributed by atoms with Crippen molar-refractivity contribution in [1.82, 2.24) is 9.55 Å². The molecule has 0 radical (unpaired) electrons. The fourth-order valence-corrected chi connectivity index (χ4v) is 2.53. The van der Waals surface area contributed by atoms with E-state index >= 15 is 0 Å². The molecule has 1 aromatic carbocycles. The van der Waals surface area contributed by atoms with Crippen LogP contribution in [0, 0.1) is 0 Å². The van der Waals surface area contributed by atoms with E-state index in [9.17, 15) is 9.90 Å². The summed E-state index contributed by atoms with van der Waals surface area (Å²) in [6, 6.07) is 5.09. The number of phenols is 1. The van der Waals surface area contributed by atoms with Crippen LogP contribution in [0.5, 0.6) is 5.75 Å². The van der Waals surface area contributed by atoms with Gasteiger partial charge in [0, 0.05) is 6.61 Å². The number of ether oxygens (including phenoxy) is 1. The van der Waals surface area contributed by atoms with Gasteiger partial charge in [-0.2, -0.15) is 0 Å². The fraction of sp³-hybridized carbons (Fsp3) is 0.462. The first-order valence-electron chi connectivity index (χ1n) is 6.28. The first kappa shape index (κ1) is 11.3. The maximum absolute atomic E-state index is 11.9. The Morgan fingerprint density at radius 1 is 1.44 bits per heavy atom. The number of aromatic amines is 1. The van der Waals surface area contributed by atoms with E-state index in [1.807, 2.05) is 0 Å². The lowest BCUT2D eigenvalue weighted by molar-refractivity contribution is 0.00610. The Hall–Kier alpha value is -1.75. The summed E-state index contributed by atoms with van der Waals surface area (Å²) in [5.41, 5.74) is 1.04. The number of hydrogen-bond donors (Lipinski definition) is 2. The van der Waals surface area contributed by atoms with E-state index < -0.39 is 0 Å². The van der Waals surface area contributed by atoms with Crippen LogP contribution in [0.25, 0.3) is 11.0 Å². The lowest BCUT2D eigenvalue weighted by Crippen LogP contribution is -2.29. The topological polar surface area (TPSA) is 67.2 Å². The first-order chi connectivity index (χ1) is 8.75. The molecule has 18 heavy (non-hydrogen) atoms. The summed E-state index contributed by atoms with van der Waals surface area (Å²) >= 11 is 0. The summed E-state index contributed by atoms with van der Waals surface area (Å²) in [7, 11) is 0. The summed E-state index contributed by atoms with van der Waals surface area (Å²) < 4.78 is 7.21. The molecule has 1 unspecified atom stereocenters. The molecule has 2 heterocycles. The predicted molar refractivity (Wildman–Crippen MR) is 67.8 cm³/mol. The average molecular weight is 248 g/mol. The zero-order valence-electron chi connectivity index (χ0n) is 10.1. The van der Waals surface area contributed by atoms with E-state index in [2.05, 4.69) is 4.98 Å². The van der Waals surface area contributed by atoms with Crippen molar-refractivity contribution in [3.05, 3.63) is 28.7 Å². The van der Waals surface area contributed by atoms with Gasteiger partial charge in [0.2, 0.25) is 0 Å². The second-order valence-corrected chi connectivity index (χ2v) is 4.70. The molecule has 0 amide bonds. The number of nitrogens with zero attached hydrogens (tertiary/aromatic N) is 1. The summed E-state index contributed by atoms with van der Waals surface area (Å²) in [6.45, 7) is 1.25. The molecular formula is C13H16N2O3. The molecular weight excluding hydrogens is 232 g/mol. The minimum absolute atomic E-state index is 0.0649. The van der Waals surface area contributed by atoms with Crippen molar-refractivity contribution >= 4 is 11.0 Å². The molecule has 5 heteroatoms. The smallest absolute Gasteiger partial charge is 0.326 e. The van der Waals surface area contributed by atoms with Crippen LogP contribution in [-0.4, -0.2) is 27.4 Å². The van der Waals surface area contributed by atoms with Crippen molar-refractivity contribution in [2.24, 2.45) is 0 Å². The molecule has 0 spiro atoms. The largest absolute Gasteiger partial charge is 0.506 e. The highest BCUT2D eigenvalue weighted by Gasteiger charge is 2.18. The van der Waals surface area contributed by atoms with Gasteiger partial charge in [0.15, 0.2) is 0 Å². The molecule has 3 rings (SSSR count). The first-order valence-corrected chi connectivity index (χ1v) is 6.28. The van der Waals surface area contributed by atoms with Crippen molar-refractivity contribution < 1.29 is 9.84 Å². The maximum Gasteiger partial charge on any atom is 0.326 e. The van der Waals surface area contributed by atoms with Crippen LogP contribution in [0.1, 0.15) is 19.3 Å². The Morgan fingerprint density at radius 2 is 2.33 bits per heavy atom. The number of para-hydroxylation sites is 1. The van der Waals surface area contributed by atoms with Gasteiger partial charge in [-0.15, -0.1) is 0 Å². The monoisotopic (exact) mass is 248 g/mol. The standard InChI is InChI=1S/C13H16N2O3/c16-11-6-3-5-10-12(11)15(13(17)14-10)8-9-4-1-2-7-18-9/h3,5-6,9,16H,1-2,4,7-8H2,(H,14,17). The molecule has 1 aliphatic heterocycles. The van der Waals surface area contributed by atoms with Gasteiger partial charge in [0.05, 0.1) is 18.2 Å². The number of rotatable bonds is 2. The van der Waals surface area contributed by atoms with Crippen LogP contribution in [0.3, 0.4) is 0 Å². The van der Waals surface area contributed by atoms with Crippen LogP contribution in [-0.2, 0) is 11.3 Å². The Morgan fingerprint density at radius 3 is 3.11 bits per heavy atom. The van der Waals surface area contributed by atoms with E-state index in [0.717, 1.165) is 25.9 Å². The van der Waals surface area contributed by atoms with Gasteiger partial charge >= 0.3 is 5.69 Å². The Balaban J connectivity index is 2.00. The second-order valence-electron chi connectivity index (χ2n) is 4.70. The van der Waals surface area contributed by atoms with E-state index in [4.69, 9.17) is 4.74 Å². The highest BCUT2D eigenvalue weighted by Crippen LogP contribution is 2.23. The third-order valence-corrected chi connectivity index (χ3v) is 3.43. The van der Waals surface area contributed by atoms with E-state index in [1.165, 1.54) is 0 Å². The zero-order chi connectivity index (χ0) is 12.5. The van der Waals surface area contributed by atoms with Gasteiger partial charge in [-0.3, -0.25) is 4.57 Å². The van der Waals surface area contributed by atoms with E-state index in [0.29, 0.717) is 17.6 Å². The number of aromatic nitrogens is 2. The van der Waals surface area contributed by atoms with Crippen LogP contribution >= 0.6 is 0 Å². The SMILES string of the molecule is O=c1[nH]c2cccc(O)c2n1CC1CCCCO1. The zero-order valence-corrected chi connectivity index (χ0v) is 10.1. The van der Waals surface area contributed by atoms with Gasteiger partial charge in [-0.1, -0.05) is 6.07 Å². The molecule has 0 aliphatic carbocycles. The normalized spacial score (nSPS) is 20.3. The Bertz CT molecular complexity index is 608. The highest BCUT2D eigenvalue weighted by molar-refractivity contribution is 5.81. The Labute approximate surface area is 104 Å². The number of fused-ring (bicyclic) bond motifs is 1. The fourth-order valence-electron chi connectivity index (χ4n) is 2.53. The summed E-state index contributed by atoms with van der Waals surface area (Å²) in [5.74, 6) is 0.127.